The number of nitrogens with zero attached hydrogens (tertiary/aromatic N) is 2. The van der Waals surface area contributed by atoms with Gasteiger partial charge in [0.1, 0.15) is 12.2 Å². The van der Waals surface area contributed by atoms with Crippen molar-refractivity contribution in [2.75, 3.05) is 13.1 Å². The number of hydrogen-bond donors (Lipinski definition) is 2. The maximum atomic E-state index is 4.08. The fraction of sp³-hybridized carbons (Fsp3) is 0.833. The van der Waals surface area contributed by atoms with E-state index in [0.717, 1.165) is 25.3 Å². The lowest BCUT2D eigenvalue weighted by molar-refractivity contribution is 0.570. The Bertz CT molecular complexity index is 233. The summed E-state index contributed by atoms with van der Waals surface area (Å²) < 4.78 is 0. The van der Waals surface area contributed by atoms with Crippen molar-refractivity contribution < 1.29 is 0 Å². The standard InChI is InChI=1S/C12H24N4/c1-2-3-4-5-6-7-9-13-10-8-12-14-11-15-16-12/h11,13H,2-10H2,1H3,(H,14,15,16). The van der Waals surface area contributed by atoms with E-state index in [9.17, 15) is 0 Å². The first-order chi connectivity index (χ1) is 7.93. The molecule has 0 aromatic carbocycles. The normalized spacial score (nSPS) is 10.8. The Morgan fingerprint density at radius 2 is 1.94 bits per heavy atom. The van der Waals surface area contributed by atoms with Crippen molar-refractivity contribution in [1.82, 2.24) is 20.5 Å². The molecule has 1 aromatic heterocycles. The van der Waals surface area contributed by atoms with Gasteiger partial charge in [0.25, 0.3) is 0 Å². The summed E-state index contributed by atoms with van der Waals surface area (Å²) in [5.41, 5.74) is 0. The van der Waals surface area contributed by atoms with Gasteiger partial charge in [0.05, 0.1) is 0 Å². The summed E-state index contributed by atoms with van der Waals surface area (Å²) in [5.74, 6) is 0.968. The van der Waals surface area contributed by atoms with E-state index in [1.807, 2.05) is 0 Å². The van der Waals surface area contributed by atoms with Gasteiger partial charge in [-0.3, -0.25) is 5.10 Å². The zero-order chi connectivity index (χ0) is 11.5. The van der Waals surface area contributed by atoms with Gasteiger partial charge in [0.2, 0.25) is 0 Å². The van der Waals surface area contributed by atoms with Crippen LogP contribution in [-0.4, -0.2) is 28.3 Å². The van der Waals surface area contributed by atoms with Crippen molar-refractivity contribution in [1.29, 1.82) is 0 Å². The Kier molecular flexibility index (Phi) is 7.68. The molecule has 0 spiro atoms. The van der Waals surface area contributed by atoms with Crippen LogP contribution in [0.5, 0.6) is 0 Å². The molecule has 4 nitrogen and oxygen atoms in total. The van der Waals surface area contributed by atoms with Crippen molar-refractivity contribution in [2.24, 2.45) is 0 Å². The van der Waals surface area contributed by atoms with Crippen LogP contribution in [0, 0.1) is 0 Å². The molecule has 1 heterocycles. The van der Waals surface area contributed by atoms with Gasteiger partial charge in [-0.15, -0.1) is 0 Å². The number of rotatable bonds is 10. The fourth-order valence-corrected chi connectivity index (χ4v) is 1.71. The van der Waals surface area contributed by atoms with Gasteiger partial charge >= 0.3 is 0 Å². The lowest BCUT2D eigenvalue weighted by atomic mass is 10.1. The van der Waals surface area contributed by atoms with Gasteiger partial charge in [-0.2, -0.15) is 5.10 Å². The van der Waals surface area contributed by atoms with Crippen molar-refractivity contribution in [2.45, 2.75) is 51.9 Å². The second-order valence-electron chi connectivity index (χ2n) is 4.20. The van der Waals surface area contributed by atoms with E-state index in [1.54, 1.807) is 6.33 Å². The smallest absolute Gasteiger partial charge is 0.137 e. The average Bonchev–Trinajstić information content (AvgIpc) is 2.80. The maximum Gasteiger partial charge on any atom is 0.137 e. The van der Waals surface area contributed by atoms with Gasteiger partial charge in [0.15, 0.2) is 0 Å². The van der Waals surface area contributed by atoms with Crippen LogP contribution in [0.4, 0.5) is 0 Å². The van der Waals surface area contributed by atoms with Crippen molar-refractivity contribution in [3.8, 4) is 0 Å². The fourth-order valence-electron chi connectivity index (χ4n) is 1.71. The number of aromatic amines is 1. The zero-order valence-corrected chi connectivity index (χ0v) is 10.3. The first-order valence-corrected chi connectivity index (χ1v) is 6.48. The molecule has 0 aliphatic carbocycles. The molecule has 2 N–H and O–H groups in total. The van der Waals surface area contributed by atoms with E-state index in [1.165, 1.54) is 38.5 Å². The summed E-state index contributed by atoms with van der Waals surface area (Å²) in [6.45, 7) is 4.37. The molecule has 0 aliphatic rings. The topological polar surface area (TPSA) is 53.6 Å². The van der Waals surface area contributed by atoms with Gasteiger partial charge in [-0.05, 0) is 13.0 Å². The third kappa shape index (κ3) is 6.56. The predicted molar refractivity (Wildman–Crippen MR) is 66.3 cm³/mol. The Labute approximate surface area is 98.2 Å². The Hall–Kier alpha value is -0.900. The summed E-state index contributed by atoms with van der Waals surface area (Å²) in [4.78, 5) is 4.08. The minimum Gasteiger partial charge on any atom is -0.316 e. The van der Waals surface area contributed by atoms with Gasteiger partial charge in [-0.1, -0.05) is 39.0 Å². The molecule has 0 atom stereocenters. The van der Waals surface area contributed by atoms with Crippen molar-refractivity contribution >= 4 is 0 Å². The van der Waals surface area contributed by atoms with E-state index >= 15 is 0 Å². The Morgan fingerprint density at radius 1 is 1.12 bits per heavy atom. The molecule has 1 rings (SSSR count). The highest BCUT2D eigenvalue weighted by Crippen LogP contribution is 2.03. The third-order valence-electron chi connectivity index (χ3n) is 2.71. The van der Waals surface area contributed by atoms with Crippen LogP contribution >= 0.6 is 0 Å². The molecule has 0 bridgehead atoms. The summed E-state index contributed by atoms with van der Waals surface area (Å²) in [5, 5.41) is 10.1. The Balaban J connectivity index is 1.78. The molecule has 0 fully saturated rings. The lowest BCUT2D eigenvalue weighted by Gasteiger charge is -2.03. The lowest BCUT2D eigenvalue weighted by Crippen LogP contribution is -2.18. The molecule has 0 aliphatic heterocycles. The van der Waals surface area contributed by atoms with Gasteiger partial charge in [0, 0.05) is 13.0 Å². The summed E-state index contributed by atoms with van der Waals surface area (Å²) in [6.07, 6.45) is 10.6. The van der Waals surface area contributed by atoms with E-state index in [2.05, 4.69) is 27.4 Å². The molecule has 0 amide bonds. The van der Waals surface area contributed by atoms with E-state index in [4.69, 9.17) is 0 Å². The van der Waals surface area contributed by atoms with Crippen LogP contribution < -0.4 is 5.32 Å². The van der Waals surface area contributed by atoms with Crippen LogP contribution in [0.25, 0.3) is 0 Å². The summed E-state index contributed by atoms with van der Waals surface area (Å²) in [6, 6.07) is 0. The highest BCUT2D eigenvalue weighted by molar-refractivity contribution is 4.80. The maximum absolute atomic E-state index is 4.08. The molecule has 92 valence electrons. The third-order valence-corrected chi connectivity index (χ3v) is 2.71. The number of aromatic nitrogens is 3. The monoisotopic (exact) mass is 224 g/mol. The molecule has 0 saturated carbocycles. The van der Waals surface area contributed by atoms with Crippen LogP contribution in [0.15, 0.2) is 6.33 Å². The molecule has 0 radical (unpaired) electrons. The molecule has 1 aromatic rings. The van der Waals surface area contributed by atoms with E-state index in [-0.39, 0.29) is 0 Å². The van der Waals surface area contributed by atoms with Crippen molar-refractivity contribution in [3.63, 3.8) is 0 Å². The highest BCUT2D eigenvalue weighted by Gasteiger charge is 1.94. The average molecular weight is 224 g/mol. The molecule has 0 unspecified atom stereocenters. The molecule has 16 heavy (non-hydrogen) atoms. The highest BCUT2D eigenvalue weighted by atomic mass is 15.2. The first kappa shape index (κ1) is 13.2. The summed E-state index contributed by atoms with van der Waals surface area (Å²) >= 11 is 0. The van der Waals surface area contributed by atoms with Crippen molar-refractivity contribution in [3.05, 3.63) is 12.2 Å². The number of unbranched alkanes of at least 4 members (excludes halogenated alkanes) is 5. The van der Waals surface area contributed by atoms with E-state index < -0.39 is 0 Å². The van der Waals surface area contributed by atoms with Crippen LogP contribution in [-0.2, 0) is 6.42 Å². The van der Waals surface area contributed by atoms with E-state index in [0.29, 0.717) is 0 Å². The predicted octanol–water partition coefficient (Wildman–Crippen LogP) is 2.30. The van der Waals surface area contributed by atoms with Crippen LogP contribution in [0.2, 0.25) is 0 Å². The quantitative estimate of drug-likeness (QED) is 0.600. The van der Waals surface area contributed by atoms with Crippen LogP contribution in [0.3, 0.4) is 0 Å². The molecule has 4 heteroatoms. The second-order valence-corrected chi connectivity index (χ2v) is 4.20. The summed E-state index contributed by atoms with van der Waals surface area (Å²) in [7, 11) is 0. The largest absolute Gasteiger partial charge is 0.316 e. The van der Waals surface area contributed by atoms with Gasteiger partial charge < -0.3 is 5.32 Å². The first-order valence-electron chi connectivity index (χ1n) is 6.48. The molecular formula is C12H24N4. The number of nitrogens with one attached hydrogen (secondary N) is 2. The van der Waals surface area contributed by atoms with Crippen LogP contribution in [0.1, 0.15) is 51.3 Å². The zero-order valence-electron chi connectivity index (χ0n) is 10.3. The second kappa shape index (κ2) is 9.33. The van der Waals surface area contributed by atoms with Gasteiger partial charge in [-0.25, -0.2) is 4.98 Å². The molecular weight excluding hydrogens is 200 g/mol. The molecule has 0 saturated heterocycles. The number of hydrogen-bond acceptors (Lipinski definition) is 3. The minimum atomic E-state index is 0.940. The Morgan fingerprint density at radius 3 is 2.69 bits per heavy atom. The minimum absolute atomic E-state index is 0.940. The number of H-pyrrole nitrogens is 1. The SMILES string of the molecule is CCCCCCCCNCCc1ncn[nH]1.